The van der Waals surface area contributed by atoms with Crippen LogP contribution in [0.1, 0.15) is 48.1 Å². The van der Waals surface area contributed by atoms with Crippen molar-refractivity contribution in [2.24, 2.45) is 0 Å². The molecule has 0 radical (unpaired) electrons. The summed E-state index contributed by atoms with van der Waals surface area (Å²) in [5.41, 5.74) is 4.83. The molecule has 4 rings (SSSR count). The predicted molar refractivity (Wildman–Crippen MR) is 137 cm³/mol. The number of fused-ring (bicyclic) bond motifs is 1. The second kappa shape index (κ2) is 10.2. The van der Waals surface area contributed by atoms with Gasteiger partial charge in [-0.05, 0) is 86.1 Å². The van der Waals surface area contributed by atoms with E-state index in [-0.39, 0.29) is 23.4 Å². The fourth-order valence-electron chi connectivity index (χ4n) is 4.39. The van der Waals surface area contributed by atoms with E-state index < -0.39 is 10.0 Å². The Hall–Kier alpha value is -2.83. The summed E-state index contributed by atoms with van der Waals surface area (Å²) in [6.45, 7) is 3.36. The van der Waals surface area contributed by atoms with Gasteiger partial charge in [-0.15, -0.1) is 0 Å². The number of hydrogen-bond acceptors (Lipinski definition) is 3. The molecule has 1 atom stereocenters. The van der Waals surface area contributed by atoms with Crippen LogP contribution in [-0.4, -0.2) is 20.9 Å². The number of aryl methyl sites for hydroxylation is 3. The van der Waals surface area contributed by atoms with Gasteiger partial charge in [0.2, 0.25) is 5.91 Å². The summed E-state index contributed by atoms with van der Waals surface area (Å²) in [6, 6.07) is 19.3. The zero-order valence-electron chi connectivity index (χ0n) is 19.4. The first kappa shape index (κ1) is 24.3. The normalized spacial score (nSPS) is 14.2. The molecule has 0 aliphatic heterocycles. The Morgan fingerprint density at radius 1 is 1.00 bits per heavy atom. The number of carbonyl (C=O) groups is 1. The molecular weight excluding hydrogens is 468 g/mol. The van der Waals surface area contributed by atoms with Crippen LogP contribution in [0.4, 0.5) is 5.69 Å². The summed E-state index contributed by atoms with van der Waals surface area (Å²) in [7, 11) is -3.99. The van der Waals surface area contributed by atoms with Crippen LogP contribution in [0.3, 0.4) is 0 Å². The number of carbonyl (C=O) groups excluding carboxylic acids is 1. The molecule has 1 N–H and O–H groups in total. The van der Waals surface area contributed by atoms with Crippen molar-refractivity contribution in [3.8, 4) is 0 Å². The molecule has 178 valence electrons. The van der Waals surface area contributed by atoms with Gasteiger partial charge >= 0.3 is 0 Å². The van der Waals surface area contributed by atoms with Crippen LogP contribution in [0.25, 0.3) is 0 Å². The van der Waals surface area contributed by atoms with E-state index >= 15 is 0 Å². The zero-order valence-corrected chi connectivity index (χ0v) is 21.0. The first-order valence-corrected chi connectivity index (χ1v) is 13.3. The number of benzene rings is 3. The molecule has 3 aromatic carbocycles. The summed E-state index contributed by atoms with van der Waals surface area (Å²) in [5.74, 6) is -0.385. The lowest BCUT2D eigenvalue weighted by atomic mass is 9.89. The molecule has 0 saturated carbocycles. The lowest BCUT2D eigenvalue weighted by molar-refractivity contribution is -0.120. The maximum Gasteiger partial charge on any atom is 0.264 e. The molecule has 1 aliphatic carbocycles. The minimum absolute atomic E-state index is 0.116. The highest BCUT2D eigenvalue weighted by molar-refractivity contribution is 7.92. The number of nitrogens with one attached hydrogen (secondary N) is 1. The van der Waals surface area contributed by atoms with Gasteiger partial charge in [0.05, 0.1) is 16.6 Å². The standard InChI is InChI=1S/C27H29ClN2O3S/c1-19-12-15-24(28)17-26(19)30(34(32,33)25-10-4-3-5-11-25)18-27(31)29-20(2)22-14-13-21-8-6-7-9-23(21)16-22/h3-5,10-17,20H,6-9,18H2,1-2H3,(H,29,31). The maximum atomic E-state index is 13.6. The number of hydrogen-bond donors (Lipinski definition) is 1. The summed E-state index contributed by atoms with van der Waals surface area (Å²) >= 11 is 6.19. The van der Waals surface area contributed by atoms with E-state index in [0.717, 1.165) is 22.7 Å². The Morgan fingerprint density at radius 3 is 2.44 bits per heavy atom. The van der Waals surface area contributed by atoms with E-state index in [2.05, 4.69) is 23.5 Å². The second-order valence-corrected chi connectivity index (χ2v) is 11.1. The first-order valence-electron chi connectivity index (χ1n) is 11.5. The summed E-state index contributed by atoms with van der Waals surface area (Å²) in [4.78, 5) is 13.2. The lowest BCUT2D eigenvalue weighted by Crippen LogP contribution is -2.42. The third-order valence-electron chi connectivity index (χ3n) is 6.31. The molecule has 0 spiro atoms. The van der Waals surface area contributed by atoms with Crippen LogP contribution < -0.4 is 9.62 Å². The van der Waals surface area contributed by atoms with E-state index in [9.17, 15) is 13.2 Å². The van der Waals surface area contributed by atoms with Crippen LogP contribution in [0.15, 0.2) is 71.6 Å². The van der Waals surface area contributed by atoms with Crippen LogP contribution in [0, 0.1) is 6.92 Å². The van der Waals surface area contributed by atoms with E-state index in [1.165, 1.54) is 36.1 Å². The molecule has 7 heteroatoms. The average molecular weight is 497 g/mol. The van der Waals surface area contributed by atoms with Crippen molar-refractivity contribution in [2.75, 3.05) is 10.8 Å². The van der Waals surface area contributed by atoms with Gasteiger partial charge in [0, 0.05) is 5.02 Å². The Bertz CT molecular complexity index is 1290. The van der Waals surface area contributed by atoms with Crippen LogP contribution >= 0.6 is 11.6 Å². The van der Waals surface area contributed by atoms with E-state index in [1.54, 1.807) is 43.3 Å². The van der Waals surface area contributed by atoms with Crippen molar-refractivity contribution in [1.29, 1.82) is 0 Å². The second-order valence-electron chi connectivity index (χ2n) is 8.78. The summed E-state index contributed by atoms with van der Waals surface area (Å²) in [6.07, 6.45) is 4.55. The Kier molecular flexibility index (Phi) is 7.29. The molecular formula is C27H29ClN2O3S. The molecule has 0 aromatic heterocycles. The number of sulfonamides is 1. The molecule has 3 aromatic rings. The number of rotatable bonds is 7. The Balaban J connectivity index is 1.60. The predicted octanol–water partition coefficient (Wildman–Crippen LogP) is 5.60. The largest absolute Gasteiger partial charge is 0.348 e. The highest BCUT2D eigenvalue weighted by Gasteiger charge is 2.29. The molecule has 34 heavy (non-hydrogen) atoms. The van der Waals surface area contributed by atoms with Crippen molar-refractivity contribution in [1.82, 2.24) is 5.32 Å². The van der Waals surface area contributed by atoms with Crippen molar-refractivity contribution >= 4 is 33.2 Å². The first-order chi connectivity index (χ1) is 16.3. The minimum atomic E-state index is -3.99. The molecule has 1 amide bonds. The topological polar surface area (TPSA) is 66.5 Å². The number of halogens is 1. The van der Waals surface area contributed by atoms with Gasteiger partial charge in [-0.3, -0.25) is 9.10 Å². The lowest BCUT2D eigenvalue weighted by Gasteiger charge is -2.27. The highest BCUT2D eigenvalue weighted by atomic mass is 35.5. The van der Waals surface area contributed by atoms with Gasteiger partial charge < -0.3 is 5.32 Å². The SMILES string of the molecule is Cc1ccc(Cl)cc1N(CC(=O)NC(C)c1ccc2c(c1)CCCC2)S(=O)(=O)c1ccccc1. The van der Waals surface area contributed by atoms with Gasteiger partial charge in [-0.1, -0.05) is 54.1 Å². The van der Waals surface area contributed by atoms with Gasteiger partial charge in [0.15, 0.2) is 0 Å². The number of anilines is 1. The average Bonchev–Trinajstić information content (AvgIpc) is 2.84. The smallest absolute Gasteiger partial charge is 0.264 e. The van der Waals surface area contributed by atoms with Gasteiger partial charge in [0.25, 0.3) is 10.0 Å². The zero-order chi connectivity index (χ0) is 24.3. The third-order valence-corrected chi connectivity index (χ3v) is 8.32. The fraction of sp³-hybridized carbons (Fsp3) is 0.296. The monoisotopic (exact) mass is 496 g/mol. The van der Waals surface area contributed by atoms with Crippen LogP contribution in [-0.2, 0) is 27.7 Å². The molecule has 0 heterocycles. The molecule has 1 unspecified atom stereocenters. The maximum absolute atomic E-state index is 13.6. The van der Waals surface area contributed by atoms with Gasteiger partial charge in [-0.25, -0.2) is 8.42 Å². The fourth-order valence-corrected chi connectivity index (χ4v) is 6.06. The van der Waals surface area contributed by atoms with Crippen molar-refractivity contribution in [2.45, 2.75) is 50.5 Å². The number of nitrogens with zero attached hydrogens (tertiary/aromatic N) is 1. The summed E-state index contributed by atoms with van der Waals surface area (Å²) in [5, 5.41) is 3.38. The third kappa shape index (κ3) is 5.29. The van der Waals surface area contributed by atoms with E-state index in [4.69, 9.17) is 11.6 Å². The number of amides is 1. The van der Waals surface area contributed by atoms with Crippen LogP contribution in [0.2, 0.25) is 5.02 Å². The van der Waals surface area contributed by atoms with Gasteiger partial charge in [-0.2, -0.15) is 0 Å². The van der Waals surface area contributed by atoms with E-state index in [1.807, 2.05) is 6.92 Å². The van der Waals surface area contributed by atoms with Crippen molar-refractivity contribution in [3.05, 3.63) is 94.0 Å². The molecule has 0 bridgehead atoms. The van der Waals surface area contributed by atoms with Gasteiger partial charge in [0.1, 0.15) is 6.54 Å². The summed E-state index contributed by atoms with van der Waals surface area (Å²) < 4.78 is 28.2. The molecule has 5 nitrogen and oxygen atoms in total. The quantitative estimate of drug-likeness (QED) is 0.463. The minimum Gasteiger partial charge on any atom is -0.348 e. The van der Waals surface area contributed by atoms with E-state index in [0.29, 0.717) is 16.3 Å². The Labute approximate surface area is 206 Å². The molecule has 0 fully saturated rings. The molecule has 1 aliphatic rings. The van der Waals surface area contributed by atoms with Crippen molar-refractivity contribution < 1.29 is 13.2 Å². The van der Waals surface area contributed by atoms with Crippen LogP contribution in [0.5, 0.6) is 0 Å². The molecule has 0 saturated heterocycles. The Morgan fingerprint density at radius 2 is 1.71 bits per heavy atom. The highest BCUT2D eigenvalue weighted by Crippen LogP contribution is 2.30. The van der Waals surface area contributed by atoms with Crippen molar-refractivity contribution in [3.63, 3.8) is 0 Å².